The van der Waals surface area contributed by atoms with Crippen LogP contribution in [-0.4, -0.2) is 0 Å². The summed E-state index contributed by atoms with van der Waals surface area (Å²) < 4.78 is 5.66. The largest absolute Gasteiger partial charge is 0.456 e. The van der Waals surface area contributed by atoms with Crippen LogP contribution in [0.3, 0.4) is 0 Å². The Balaban J connectivity index is 2.61. The standard InChI is InChI=1S/C13H8O2S/c14-13-9-3-1-2-4-11(9)15-12-7-8(16)5-6-10(12)13/h1-7,16H. The molecule has 16 heavy (non-hydrogen) atoms. The fraction of sp³-hybridized carbons (Fsp3) is 0. The number of rotatable bonds is 0. The molecule has 1 heterocycles. The summed E-state index contributed by atoms with van der Waals surface area (Å²) in [6.07, 6.45) is 0. The fourth-order valence-corrected chi connectivity index (χ4v) is 1.98. The molecule has 0 saturated carbocycles. The Morgan fingerprint density at radius 1 is 0.938 bits per heavy atom. The Morgan fingerprint density at radius 3 is 2.56 bits per heavy atom. The van der Waals surface area contributed by atoms with Crippen molar-refractivity contribution in [2.45, 2.75) is 4.90 Å². The lowest BCUT2D eigenvalue weighted by Gasteiger charge is -2.01. The van der Waals surface area contributed by atoms with Crippen molar-refractivity contribution in [3.05, 3.63) is 52.7 Å². The summed E-state index contributed by atoms with van der Waals surface area (Å²) in [5.74, 6) is 0. The second-order valence-corrected chi connectivity index (χ2v) is 4.12. The van der Waals surface area contributed by atoms with E-state index in [1.807, 2.05) is 12.1 Å². The van der Waals surface area contributed by atoms with Crippen molar-refractivity contribution >= 4 is 34.6 Å². The van der Waals surface area contributed by atoms with Crippen LogP contribution in [0.2, 0.25) is 0 Å². The van der Waals surface area contributed by atoms with Gasteiger partial charge in [0.05, 0.1) is 10.8 Å². The van der Waals surface area contributed by atoms with Crippen LogP contribution in [0.5, 0.6) is 0 Å². The van der Waals surface area contributed by atoms with Crippen LogP contribution in [-0.2, 0) is 0 Å². The highest BCUT2D eigenvalue weighted by atomic mass is 32.1. The summed E-state index contributed by atoms with van der Waals surface area (Å²) in [5, 5.41) is 1.21. The van der Waals surface area contributed by atoms with Crippen LogP contribution < -0.4 is 5.43 Å². The molecule has 0 saturated heterocycles. The Morgan fingerprint density at radius 2 is 1.69 bits per heavy atom. The second-order valence-electron chi connectivity index (χ2n) is 3.61. The first kappa shape index (κ1) is 9.48. The third kappa shape index (κ3) is 1.32. The van der Waals surface area contributed by atoms with Gasteiger partial charge in [0.2, 0.25) is 5.43 Å². The molecule has 0 radical (unpaired) electrons. The van der Waals surface area contributed by atoms with Gasteiger partial charge in [-0.25, -0.2) is 0 Å². The predicted molar refractivity (Wildman–Crippen MR) is 67.2 cm³/mol. The zero-order valence-electron chi connectivity index (χ0n) is 8.31. The van der Waals surface area contributed by atoms with E-state index in [0.717, 1.165) is 4.90 Å². The Bertz CT molecular complexity index is 744. The van der Waals surface area contributed by atoms with Gasteiger partial charge in [0.25, 0.3) is 0 Å². The molecule has 0 aliphatic heterocycles. The highest BCUT2D eigenvalue weighted by Gasteiger charge is 2.06. The maximum absolute atomic E-state index is 12.1. The average Bonchev–Trinajstić information content (AvgIpc) is 2.29. The molecule has 2 aromatic carbocycles. The summed E-state index contributed by atoms with van der Waals surface area (Å²) in [4.78, 5) is 12.9. The van der Waals surface area contributed by atoms with E-state index in [1.165, 1.54) is 0 Å². The summed E-state index contributed by atoms with van der Waals surface area (Å²) in [6, 6.07) is 12.5. The maximum atomic E-state index is 12.1. The molecule has 2 nitrogen and oxygen atoms in total. The first-order valence-corrected chi connectivity index (χ1v) is 5.35. The van der Waals surface area contributed by atoms with Gasteiger partial charge in [-0.2, -0.15) is 0 Å². The van der Waals surface area contributed by atoms with E-state index in [2.05, 4.69) is 12.6 Å². The topological polar surface area (TPSA) is 30.2 Å². The minimum Gasteiger partial charge on any atom is -0.456 e. The van der Waals surface area contributed by atoms with E-state index in [-0.39, 0.29) is 5.43 Å². The SMILES string of the molecule is O=c1c2ccccc2oc2cc(S)ccc12. The summed E-state index contributed by atoms with van der Waals surface area (Å²) in [6.45, 7) is 0. The monoisotopic (exact) mass is 228 g/mol. The van der Waals surface area contributed by atoms with Crippen molar-refractivity contribution in [3.63, 3.8) is 0 Å². The molecule has 0 unspecified atom stereocenters. The minimum atomic E-state index is 0.00480. The third-order valence-electron chi connectivity index (χ3n) is 2.56. The molecule has 0 amide bonds. The summed E-state index contributed by atoms with van der Waals surface area (Å²) >= 11 is 4.23. The highest BCUT2D eigenvalue weighted by Crippen LogP contribution is 2.20. The second kappa shape index (κ2) is 3.39. The molecular formula is C13H8O2S. The van der Waals surface area contributed by atoms with Crippen LogP contribution in [0.15, 0.2) is 56.6 Å². The van der Waals surface area contributed by atoms with E-state index in [9.17, 15) is 4.79 Å². The lowest BCUT2D eigenvalue weighted by atomic mass is 10.1. The molecule has 3 heteroatoms. The molecule has 0 atom stereocenters. The van der Waals surface area contributed by atoms with Crippen molar-refractivity contribution in [2.24, 2.45) is 0 Å². The molecule has 3 rings (SSSR count). The van der Waals surface area contributed by atoms with Gasteiger partial charge in [-0.05, 0) is 30.3 Å². The molecule has 78 valence electrons. The normalized spacial score (nSPS) is 11.1. The van der Waals surface area contributed by atoms with Crippen LogP contribution in [0, 0.1) is 0 Å². The third-order valence-corrected chi connectivity index (χ3v) is 2.84. The molecule has 3 aromatic rings. The molecule has 0 bridgehead atoms. The van der Waals surface area contributed by atoms with Gasteiger partial charge in [-0.15, -0.1) is 12.6 Å². The van der Waals surface area contributed by atoms with Gasteiger partial charge in [0, 0.05) is 4.90 Å². The van der Waals surface area contributed by atoms with Gasteiger partial charge in [-0.3, -0.25) is 4.79 Å². The number of thiol groups is 1. The smallest absolute Gasteiger partial charge is 0.200 e. The molecule has 0 fully saturated rings. The van der Waals surface area contributed by atoms with Gasteiger partial charge in [0.1, 0.15) is 11.2 Å². The number of hydrogen-bond acceptors (Lipinski definition) is 3. The van der Waals surface area contributed by atoms with E-state index in [1.54, 1.807) is 30.3 Å². The quantitative estimate of drug-likeness (QED) is 0.473. The molecule has 1 aromatic heterocycles. The lowest BCUT2D eigenvalue weighted by molar-refractivity contribution is 0.659. The van der Waals surface area contributed by atoms with Crippen molar-refractivity contribution in [2.75, 3.05) is 0 Å². The molecule has 0 aliphatic rings. The number of para-hydroxylation sites is 1. The molecular weight excluding hydrogens is 220 g/mol. The first-order valence-electron chi connectivity index (χ1n) is 4.90. The van der Waals surface area contributed by atoms with E-state index >= 15 is 0 Å². The maximum Gasteiger partial charge on any atom is 0.200 e. The molecule has 0 spiro atoms. The zero-order valence-corrected chi connectivity index (χ0v) is 9.20. The van der Waals surface area contributed by atoms with E-state index in [0.29, 0.717) is 21.9 Å². The Labute approximate surface area is 96.9 Å². The van der Waals surface area contributed by atoms with Crippen LogP contribution >= 0.6 is 12.6 Å². The number of hydrogen-bond donors (Lipinski definition) is 1. The summed E-state index contributed by atoms with van der Waals surface area (Å²) in [5.41, 5.74) is 1.19. The number of benzene rings is 2. The van der Waals surface area contributed by atoms with Crippen LogP contribution in [0.4, 0.5) is 0 Å². The zero-order chi connectivity index (χ0) is 11.1. The van der Waals surface area contributed by atoms with Crippen molar-refractivity contribution < 1.29 is 4.42 Å². The highest BCUT2D eigenvalue weighted by molar-refractivity contribution is 7.80. The Hall–Kier alpha value is -1.74. The van der Waals surface area contributed by atoms with Crippen molar-refractivity contribution in [1.82, 2.24) is 0 Å². The van der Waals surface area contributed by atoms with Crippen LogP contribution in [0.25, 0.3) is 21.9 Å². The average molecular weight is 228 g/mol. The van der Waals surface area contributed by atoms with E-state index < -0.39 is 0 Å². The molecule has 0 aliphatic carbocycles. The first-order chi connectivity index (χ1) is 7.75. The van der Waals surface area contributed by atoms with Crippen molar-refractivity contribution in [3.8, 4) is 0 Å². The molecule has 0 N–H and O–H groups in total. The minimum absolute atomic E-state index is 0.00480. The fourth-order valence-electron chi connectivity index (χ4n) is 1.79. The lowest BCUT2D eigenvalue weighted by Crippen LogP contribution is -2.01. The van der Waals surface area contributed by atoms with E-state index in [4.69, 9.17) is 4.42 Å². The predicted octanol–water partition coefficient (Wildman–Crippen LogP) is 3.23. The van der Waals surface area contributed by atoms with Gasteiger partial charge in [-0.1, -0.05) is 12.1 Å². The van der Waals surface area contributed by atoms with Gasteiger partial charge >= 0.3 is 0 Å². The van der Waals surface area contributed by atoms with Gasteiger partial charge < -0.3 is 4.42 Å². The summed E-state index contributed by atoms with van der Waals surface area (Å²) in [7, 11) is 0. The van der Waals surface area contributed by atoms with Crippen LogP contribution in [0.1, 0.15) is 0 Å². The van der Waals surface area contributed by atoms with Gasteiger partial charge in [0.15, 0.2) is 0 Å². The number of fused-ring (bicyclic) bond motifs is 2. The van der Waals surface area contributed by atoms with Crippen molar-refractivity contribution in [1.29, 1.82) is 0 Å². The Kier molecular flexibility index (Phi) is 2.01.